The minimum atomic E-state index is -4.72. The summed E-state index contributed by atoms with van der Waals surface area (Å²) in [6.45, 7) is 0. The normalized spacial score (nSPS) is 20.1. The summed E-state index contributed by atoms with van der Waals surface area (Å²) in [6.07, 6.45) is -3.89. The maximum Gasteiger partial charge on any atom is 0.450 e. The second-order valence-electron chi connectivity index (χ2n) is 3.65. The number of halogens is 3. The molecule has 80 valence electrons. The van der Waals surface area contributed by atoms with Crippen molar-refractivity contribution in [1.29, 1.82) is 0 Å². The number of Topliss-reactive ketones (excluding diaryl/α,β-unsaturated/α-hetero) is 1. The Balaban J connectivity index is 2.32. The van der Waals surface area contributed by atoms with Gasteiger partial charge in [-0.3, -0.25) is 4.79 Å². The third kappa shape index (κ3) is 1.76. The van der Waals surface area contributed by atoms with Crippen molar-refractivity contribution in [3.63, 3.8) is 0 Å². The Bertz CT molecular complexity index is 395. The molecule has 1 nitrogen and oxygen atoms in total. The zero-order chi connectivity index (χ0) is 11.1. The third-order valence-corrected chi connectivity index (χ3v) is 2.73. The van der Waals surface area contributed by atoms with E-state index in [0.29, 0.717) is 12.0 Å². The summed E-state index contributed by atoms with van der Waals surface area (Å²) in [5, 5.41) is 0. The molecule has 0 amide bonds. The highest BCUT2D eigenvalue weighted by Gasteiger charge is 2.45. The van der Waals surface area contributed by atoms with Crippen LogP contribution in [0, 0.1) is 0 Å². The van der Waals surface area contributed by atoms with Crippen molar-refractivity contribution in [2.75, 3.05) is 0 Å². The van der Waals surface area contributed by atoms with Crippen molar-refractivity contribution in [3.05, 3.63) is 35.4 Å². The molecule has 1 aliphatic rings. The van der Waals surface area contributed by atoms with Gasteiger partial charge in [-0.25, -0.2) is 0 Å². The van der Waals surface area contributed by atoms with Gasteiger partial charge in [0, 0.05) is 0 Å². The van der Waals surface area contributed by atoms with Gasteiger partial charge in [-0.05, 0) is 24.0 Å². The molecule has 0 N–H and O–H groups in total. The quantitative estimate of drug-likeness (QED) is 0.702. The molecule has 2 rings (SSSR count). The van der Waals surface area contributed by atoms with Crippen molar-refractivity contribution >= 4 is 5.78 Å². The summed E-state index contributed by atoms with van der Waals surface area (Å²) < 4.78 is 36.7. The highest BCUT2D eigenvalue weighted by Crippen LogP contribution is 2.37. The Morgan fingerprint density at radius 2 is 1.93 bits per heavy atom. The van der Waals surface area contributed by atoms with E-state index in [0.717, 1.165) is 5.56 Å². The fourth-order valence-corrected chi connectivity index (χ4v) is 2.03. The number of ketones is 1. The maximum absolute atomic E-state index is 12.2. The van der Waals surface area contributed by atoms with E-state index in [-0.39, 0.29) is 6.42 Å². The second kappa shape index (κ2) is 3.36. The van der Waals surface area contributed by atoms with Gasteiger partial charge in [0.25, 0.3) is 0 Å². The fraction of sp³-hybridized carbons (Fsp3) is 0.364. The molecule has 0 aromatic heterocycles. The first-order valence-electron chi connectivity index (χ1n) is 4.69. The molecule has 0 radical (unpaired) electrons. The van der Waals surface area contributed by atoms with E-state index in [1.165, 1.54) is 0 Å². The van der Waals surface area contributed by atoms with Crippen LogP contribution in [0.4, 0.5) is 13.2 Å². The van der Waals surface area contributed by atoms with Crippen LogP contribution < -0.4 is 0 Å². The Morgan fingerprint density at radius 3 is 2.60 bits per heavy atom. The zero-order valence-electron chi connectivity index (χ0n) is 7.84. The van der Waals surface area contributed by atoms with Crippen LogP contribution in [0.5, 0.6) is 0 Å². The first-order chi connectivity index (χ1) is 7.00. The van der Waals surface area contributed by atoms with Crippen molar-refractivity contribution in [3.8, 4) is 0 Å². The van der Waals surface area contributed by atoms with Gasteiger partial charge < -0.3 is 0 Å². The molecule has 0 saturated carbocycles. The van der Waals surface area contributed by atoms with Gasteiger partial charge in [-0.15, -0.1) is 0 Å². The summed E-state index contributed by atoms with van der Waals surface area (Å²) in [7, 11) is 0. The Hall–Kier alpha value is -1.32. The molecule has 0 fully saturated rings. The van der Waals surface area contributed by atoms with E-state index in [4.69, 9.17) is 0 Å². The van der Waals surface area contributed by atoms with Crippen molar-refractivity contribution in [2.45, 2.75) is 24.9 Å². The molecule has 1 aromatic carbocycles. The Labute approximate surface area is 84.9 Å². The van der Waals surface area contributed by atoms with Gasteiger partial charge >= 0.3 is 6.18 Å². The summed E-state index contributed by atoms with van der Waals surface area (Å²) in [4.78, 5) is 11.1. The molecular weight excluding hydrogens is 205 g/mol. The van der Waals surface area contributed by atoms with Crippen LogP contribution in [0.15, 0.2) is 24.3 Å². The van der Waals surface area contributed by atoms with Crippen LogP contribution in [0.3, 0.4) is 0 Å². The predicted octanol–water partition coefficient (Wildman–Crippen LogP) is 2.85. The molecule has 1 aliphatic carbocycles. The van der Waals surface area contributed by atoms with Gasteiger partial charge in [0.05, 0.1) is 5.92 Å². The van der Waals surface area contributed by atoms with E-state index < -0.39 is 17.9 Å². The lowest BCUT2D eigenvalue weighted by Crippen LogP contribution is -2.28. The number of carbonyl (C=O) groups excluding carboxylic acids is 1. The standard InChI is InChI=1S/C11H9F3O/c12-11(13,14)10(15)9-6-5-7-3-1-2-4-8(7)9/h1-4,9H,5-6H2. The van der Waals surface area contributed by atoms with Crippen LogP contribution in [0.25, 0.3) is 0 Å². The lowest BCUT2D eigenvalue weighted by molar-refractivity contribution is -0.172. The van der Waals surface area contributed by atoms with Gasteiger partial charge in [0.1, 0.15) is 0 Å². The average Bonchev–Trinajstić information content (AvgIpc) is 2.58. The minimum Gasteiger partial charge on any atom is -0.289 e. The SMILES string of the molecule is O=C(C1CCc2ccccc21)C(F)(F)F. The predicted molar refractivity (Wildman–Crippen MR) is 48.6 cm³/mol. The van der Waals surface area contributed by atoms with E-state index in [2.05, 4.69) is 0 Å². The average molecular weight is 214 g/mol. The summed E-state index contributed by atoms with van der Waals surface area (Å²) in [5.41, 5.74) is 1.40. The number of carbonyl (C=O) groups is 1. The summed E-state index contributed by atoms with van der Waals surface area (Å²) in [6, 6.07) is 6.83. The lowest BCUT2D eigenvalue weighted by atomic mass is 9.96. The lowest BCUT2D eigenvalue weighted by Gasteiger charge is -2.12. The molecule has 0 aliphatic heterocycles. The largest absolute Gasteiger partial charge is 0.450 e. The Kier molecular flexibility index (Phi) is 2.29. The van der Waals surface area contributed by atoms with E-state index >= 15 is 0 Å². The Morgan fingerprint density at radius 1 is 1.27 bits per heavy atom. The number of hydrogen-bond donors (Lipinski definition) is 0. The number of rotatable bonds is 1. The maximum atomic E-state index is 12.2. The first-order valence-corrected chi connectivity index (χ1v) is 4.69. The van der Waals surface area contributed by atoms with Gasteiger partial charge in [-0.1, -0.05) is 24.3 Å². The number of benzene rings is 1. The van der Waals surface area contributed by atoms with Gasteiger partial charge in [0.15, 0.2) is 0 Å². The topological polar surface area (TPSA) is 17.1 Å². The smallest absolute Gasteiger partial charge is 0.289 e. The summed E-state index contributed by atoms with van der Waals surface area (Å²) in [5.74, 6) is -2.60. The fourth-order valence-electron chi connectivity index (χ4n) is 2.03. The molecule has 1 atom stereocenters. The molecule has 0 saturated heterocycles. The van der Waals surface area contributed by atoms with E-state index in [9.17, 15) is 18.0 Å². The highest BCUT2D eigenvalue weighted by molar-refractivity contribution is 5.91. The molecule has 15 heavy (non-hydrogen) atoms. The van der Waals surface area contributed by atoms with Crippen LogP contribution in [-0.4, -0.2) is 12.0 Å². The highest BCUT2D eigenvalue weighted by atomic mass is 19.4. The van der Waals surface area contributed by atoms with Crippen LogP contribution in [0.1, 0.15) is 23.5 Å². The van der Waals surface area contributed by atoms with Crippen LogP contribution in [-0.2, 0) is 11.2 Å². The first kappa shape index (κ1) is 10.2. The monoisotopic (exact) mass is 214 g/mol. The van der Waals surface area contributed by atoms with E-state index in [1.54, 1.807) is 24.3 Å². The molecule has 0 bridgehead atoms. The number of alkyl halides is 3. The second-order valence-corrected chi connectivity index (χ2v) is 3.65. The van der Waals surface area contributed by atoms with Crippen molar-refractivity contribution < 1.29 is 18.0 Å². The molecule has 0 heterocycles. The van der Waals surface area contributed by atoms with Crippen LogP contribution in [0.2, 0.25) is 0 Å². The van der Waals surface area contributed by atoms with E-state index in [1.807, 2.05) is 0 Å². The number of aryl methyl sites for hydroxylation is 1. The number of hydrogen-bond acceptors (Lipinski definition) is 1. The molecule has 0 spiro atoms. The molecule has 1 unspecified atom stereocenters. The van der Waals surface area contributed by atoms with Crippen LogP contribution >= 0.6 is 0 Å². The molecular formula is C11H9F3O. The number of fused-ring (bicyclic) bond motifs is 1. The summed E-state index contributed by atoms with van der Waals surface area (Å²) >= 11 is 0. The van der Waals surface area contributed by atoms with Gasteiger partial charge in [-0.2, -0.15) is 13.2 Å². The third-order valence-electron chi connectivity index (χ3n) is 2.73. The molecule has 4 heteroatoms. The van der Waals surface area contributed by atoms with Crippen molar-refractivity contribution in [2.24, 2.45) is 0 Å². The van der Waals surface area contributed by atoms with Gasteiger partial charge in [0.2, 0.25) is 5.78 Å². The van der Waals surface area contributed by atoms with Crippen molar-refractivity contribution in [1.82, 2.24) is 0 Å². The zero-order valence-corrected chi connectivity index (χ0v) is 7.84. The molecule has 1 aromatic rings. The minimum absolute atomic E-state index is 0.275.